The van der Waals surface area contributed by atoms with Gasteiger partial charge in [0.15, 0.2) is 0 Å². The van der Waals surface area contributed by atoms with Crippen LogP contribution in [0.4, 0.5) is 5.69 Å². The highest BCUT2D eigenvalue weighted by molar-refractivity contribution is 5.90. The molecule has 4 rings (SSSR count). The largest absolute Gasteiger partial charge is 0.368 e. The molecule has 1 aliphatic rings. The molecule has 5 nitrogen and oxygen atoms in total. The minimum absolute atomic E-state index is 0.0142. The van der Waals surface area contributed by atoms with E-state index in [1.807, 2.05) is 83.8 Å². The van der Waals surface area contributed by atoms with Crippen LogP contribution in [-0.4, -0.2) is 49.4 Å². The third-order valence-electron chi connectivity index (χ3n) is 5.70. The highest BCUT2D eigenvalue weighted by Gasteiger charge is 2.25. The van der Waals surface area contributed by atoms with E-state index >= 15 is 0 Å². The molecule has 0 atom stereocenters. The van der Waals surface area contributed by atoms with Crippen molar-refractivity contribution in [3.8, 4) is 0 Å². The third-order valence-corrected chi connectivity index (χ3v) is 5.70. The number of hydrogen-bond acceptors (Lipinski definition) is 3. The van der Waals surface area contributed by atoms with Gasteiger partial charge < -0.3 is 15.1 Å². The first-order valence-corrected chi connectivity index (χ1v) is 10.7. The van der Waals surface area contributed by atoms with Crippen molar-refractivity contribution < 1.29 is 9.59 Å². The predicted molar refractivity (Wildman–Crippen MR) is 123 cm³/mol. The summed E-state index contributed by atoms with van der Waals surface area (Å²) in [6.07, 6.45) is 0. The maximum atomic E-state index is 13.1. The Bertz CT molecular complexity index is 945. The molecular weight excluding hydrogens is 386 g/mol. The summed E-state index contributed by atoms with van der Waals surface area (Å²) < 4.78 is 0. The smallest absolute Gasteiger partial charge is 0.242 e. The Labute approximate surface area is 183 Å². The van der Waals surface area contributed by atoms with E-state index in [1.54, 1.807) is 0 Å². The molecule has 0 saturated carbocycles. The first kappa shape index (κ1) is 20.7. The average molecular weight is 414 g/mol. The second-order valence-electron chi connectivity index (χ2n) is 7.68. The van der Waals surface area contributed by atoms with E-state index < -0.39 is 5.92 Å². The second kappa shape index (κ2) is 9.94. The number of nitrogens with one attached hydrogen (secondary N) is 1. The van der Waals surface area contributed by atoms with E-state index in [-0.39, 0.29) is 18.4 Å². The van der Waals surface area contributed by atoms with Crippen LogP contribution in [0.25, 0.3) is 0 Å². The van der Waals surface area contributed by atoms with E-state index in [0.29, 0.717) is 13.1 Å². The van der Waals surface area contributed by atoms with Crippen LogP contribution in [0.15, 0.2) is 91.0 Å². The van der Waals surface area contributed by atoms with Gasteiger partial charge in [-0.15, -0.1) is 0 Å². The molecule has 1 saturated heterocycles. The summed E-state index contributed by atoms with van der Waals surface area (Å²) in [5, 5.41) is 2.88. The first-order chi connectivity index (χ1) is 15.2. The topological polar surface area (TPSA) is 52.7 Å². The zero-order valence-corrected chi connectivity index (χ0v) is 17.5. The molecule has 0 spiro atoms. The molecule has 0 unspecified atom stereocenters. The number of benzene rings is 3. The monoisotopic (exact) mass is 413 g/mol. The number of rotatable bonds is 6. The minimum atomic E-state index is -0.440. The van der Waals surface area contributed by atoms with Gasteiger partial charge in [-0.1, -0.05) is 78.9 Å². The molecule has 158 valence electrons. The van der Waals surface area contributed by atoms with Gasteiger partial charge in [-0.05, 0) is 23.3 Å². The molecule has 3 aromatic rings. The average Bonchev–Trinajstić information content (AvgIpc) is 2.85. The van der Waals surface area contributed by atoms with Crippen LogP contribution in [0.3, 0.4) is 0 Å². The number of carbonyl (C=O) groups is 2. The van der Waals surface area contributed by atoms with Crippen molar-refractivity contribution in [2.75, 3.05) is 37.6 Å². The summed E-state index contributed by atoms with van der Waals surface area (Å²) in [6.45, 7) is 2.91. The standard InChI is InChI=1S/C26H27N3O2/c30-24(29-18-16-28(17-19-29)23-14-8-3-9-15-23)20-27-26(31)25(21-10-4-1-5-11-21)22-12-6-2-7-13-22/h1-15,25H,16-20H2,(H,27,31). The Balaban J connectivity index is 1.35. The molecule has 0 aromatic heterocycles. The zero-order valence-electron chi connectivity index (χ0n) is 17.5. The molecule has 5 heteroatoms. The predicted octanol–water partition coefficient (Wildman–Crippen LogP) is 3.28. The van der Waals surface area contributed by atoms with Gasteiger partial charge in [0.05, 0.1) is 12.5 Å². The maximum Gasteiger partial charge on any atom is 0.242 e. The SMILES string of the molecule is O=C(NCC(=O)N1CCN(c2ccccc2)CC1)C(c1ccccc1)c1ccccc1. The van der Waals surface area contributed by atoms with Gasteiger partial charge in [0.2, 0.25) is 11.8 Å². The van der Waals surface area contributed by atoms with Gasteiger partial charge in [0, 0.05) is 31.9 Å². The molecule has 1 N–H and O–H groups in total. The fraction of sp³-hybridized carbons (Fsp3) is 0.231. The zero-order chi connectivity index (χ0) is 21.5. The summed E-state index contributed by atoms with van der Waals surface area (Å²) in [6, 6.07) is 29.6. The van der Waals surface area contributed by atoms with Crippen LogP contribution in [-0.2, 0) is 9.59 Å². The summed E-state index contributed by atoms with van der Waals surface area (Å²) in [7, 11) is 0. The van der Waals surface area contributed by atoms with E-state index in [2.05, 4.69) is 22.3 Å². The van der Waals surface area contributed by atoms with Gasteiger partial charge in [-0.25, -0.2) is 0 Å². The molecule has 1 fully saturated rings. The number of hydrogen-bond donors (Lipinski definition) is 1. The van der Waals surface area contributed by atoms with Crippen molar-refractivity contribution in [3.05, 3.63) is 102 Å². The van der Waals surface area contributed by atoms with Crippen molar-refractivity contribution in [2.45, 2.75) is 5.92 Å². The van der Waals surface area contributed by atoms with Crippen LogP contribution in [0.2, 0.25) is 0 Å². The molecule has 0 aliphatic carbocycles. The maximum absolute atomic E-state index is 13.1. The summed E-state index contributed by atoms with van der Waals surface area (Å²) in [5.74, 6) is -0.639. The van der Waals surface area contributed by atoms with Gasteiger partial charge >= 0.3 is 0 Å². The van der Waals surface area contributed by atoms with Crippen molar-refractivity contribution in [3.63, 3.8) is 0 Å². The van der Waals surface area contributed by atoms with Gasteiger partial charge in [-0.2, -0.15) is 0 Å². The fourth-order valence-corrected chi connectivity index (χ4v) is 4.02. The van der Waals surface area contributed by atoms with E-state index in [1.165, 1.54) is 5.69 Å². The molecule has 31 heavy (non-hydrogen) atoms. The van der Waals surface area contributed by atoms with Crippen LogP contribution in [0.5, 0.6) is 0 Å². The highest BCUT2D eigenvalue weighted by Crippen LogP contribution is 2.24. The number of amides is 2. The fourth-order valence-electron chi connectivity index (χ4n) is 4.02. The molecule has 0 radical (unpaired) electrons. The lowest BCUT2D eigenvalue weighted by molar-refractivity contribution is -0.133. The van der Waals surface area contributed by atoms with Crippen molar-refractivity contribution >= 4 is 17.5 Å². The van der Waals surface area contributed by atoms with E-state index in [0.717, 1.165) is 24.2 Å². The van der Waals surface area contributed by atoms with Gasteiger partial charge in [-0.3, -0.25) is 9.59 Å². The Hall–Kier alpha value is -3.60. The number of anilines is 1. The van der Waals surface area contributed by atoms with Crippen molar-refractivity contribution in [2.24, 2.45) is 0 Å². The second-order valence-corrected chi connectivity index (χ2v) is 7.68. The lowest BCUT2D eigenvalue weighted by Crippen LogP contribution is -2.51. The van der Waals surface area contributed by atoms with Crippen LogP contribution in [0, 0.1) is 0 Å². The lowest BCUT2D eigenvalue weighted by atomic mass is 9.90. The lowest BCUT2D eigenvalue weighted by Gasteiger charge is -2.36. The molecule has 3 aromatic carbocycles. The van der Waals surface area contributed by atoms with Crippen LogP contribution < -0.4 is 10.2 Å². The molecule has 2 amide bonds. The van der Waals surface area contributed by atoms with Gasteiger partial charge in [0.1, 0.15) is 0 Å². The Morgan fingerprint density at radius 3 is 1.71 bits per heavy atom. The van der Waals surface area contributed by atoms with Crippen molar-refractivity contribution in [1.82, 2.24) is 10.2 Å². The minimum Gasteiger partial charge on any atom is -0.368 e. The normalized spacial score (nSPS) is 13.8. The number of nitrogens with zero attached hydrogens (tertiary/aromatic N) is 2. The molecular formula is C26H27N3O2. The first-order valence-electron chi connectivity index (χ1n) is 10.7. The summed E-state index contributed by atoms with van der Waals surface area (Å²) >= 11 is 0. The third kappa shape index (κ3) is 5.12. The Kier molecular flexibility index (Phi) is 6.62. The van der Waals surface area contributed by atoms with Crippen molar-refractivity contribution in [1.29, 1.82) is 0 Å². The van der Waals surface area contributed by atoms with E-state index in [9.17, 15) is 9.59 Å². The summed E-state index contributed by atoms with van der Waals surface area (Å²) in [4.78, 5) is 29.9. The highest BCUT2D eigenvalue weighted by atomic mass is 16.2. The van der Waals surface area contributed by atoms with Gasteiger partial charge in [0.25, 0.3) is 0 Å². The molecule has 1 heterocycles. The Morgan fingerprint density at radius 1 is 0.710 bits per heavy atom. The van der Waals surface area contributed by atoms with Crippen LogP contribution in [0.1, 0.15) is 17.0 Å². The number of piperazine rings is 1. The quantitative estimate of drug-likeness (QED) is 0.675. The van der Waals surface area contributed by atoms with E-state index in [4.69, 9.17) is 0 Å². The number of para-hydroxylation sites is 1. The molecule has 0 bridgehead atoms. The Morgan fingerprint density at radius 2 is 1.19 bits per heavy atom. The van der Waals surface area contributed by atoms with Crippen LogP contribution >= 0.6 is 0 Å². The molecule has 1 aliphatic heterocycles. The number of carbonyl (C=O) groups excluding carboxylic acids is 2. The summed E-state index contributed by atoms with van der Waals surface area (Å²) in [5.41, 5.74) is 3.00.